The Balaban J connectivity index is 1.61. The molecule has 0 N–H and O–H groups in total. The van der Waals surface area contributed by atoms with Crippen LogP contribution >= 0.6 is 0 Å². The van der Waals surface area contributed by atoms with Crippen LogP contribution in [0.4, 0.5) is 0 Å². The molecule has 1 aliphatic heterocycles. The van der Waals surface area contributed by atoms with Crippen LogP contribution in [0.1, 0.15) is 17.3 Å². The normalized spacial score (nSPS) is 16.6. The van der Waals surface area contributed by atoms with Gasteiger partial charge in [0.25, 0.3) is 0 Å². The molecule has 3 aromatic rings. The van der Waals surface area contributed by atoms with Gasteiger partial charge in [-0.2, -0.15) is 4.31 Å². The smallest absolute Gasteiger partial charge is 0.244 e. The lowest BCUT2D eigenvalue weighted by molar-refractivity contribution is -0.133. The summed E-state index contributed by atoms with van der Waals surface area (Å²) in [5.41, 5.74) is 2.02. The van der Waals surface area contributed by atoms with Gasteiger partial charge in [-0.1, -0.05) is 30.3 Å². The van der Waals surface area contributed by atoms with Gasteiger partial charge in [0.1, 0.15) is 4.90 Å². The van der Waals surface area contributed by atoms with E-state index >= 15 is 0 Å². The van der Waals surface area contributed by atoms with Crippen molar-refractivity contribution in [2.45, 2.75) is 17.5 Å². The van der Waals surface area contributed by atoms with Crippen molar-refractivity contribution in [1.29, 1.82) is 0 Å². The highest BCUT2D eigenvalue weighted by molar-refractivity contribution is 7.89. The Morgan fingerprint density at radius 3 is 2.62 bits per heavy atom. The average molecular weight is 410 g/mol. The molecule has 0 saturated heterocycles. The van der Waals surface area contributed by atoms with E-state index in [-0.39, 0.29) is 23.4 Å². The van der Waals surface area contributed by atoms with Crippen molar-refractivity contribution in [3.8, 4) is 0 Å². The van der Waals surface area contributed by atoms with Gasteiger partial charge in [-0.15, -0.1) is 0 Å². The molecule has 7 nitrogen and oxygen atoms in total. The van der Waals surface area contributed by atoms with Gasteiger partial charge in [0.15, 0.2) is 0 Å². The van der Waals surface area contributed by atoms with Crippen LogP contribution in [0.15, 0.2) is 78.1 Å². The Bertz CT molecular complexity index is 1100. The standard InChI is InChI=1S/C21H22N4O3S/c1-23(29(27,28)18-9-5-11-22-15-18)16-20(26)25-14-13-24-12-6-10-19(24)21(25)17-7-3-2-4-8-17/h2-12,15,21H,13-14,16H2,1H3. The minimum Gasteiger partial charge on any atom is -0.348 e. The number of sulfonamides is 1. The van der Waals surface area contributed by atoms with Gasteiger partial charge in [0, 0.05) is 44.4 Å². The predicted molar refractivity (Wildman–Crippen MR) is 108 cm³/mol. The fourth-order valence-corrected chi connectivity index (χ4v) is 4.77. The third kappa shape index (κ3) is 3.68. The number of pyridine rings is 1. The van der Waals surface area contributed by atoms with Gasteiger partial charge < -0.3 is 9.47 Å². The summed E-state index contributed by atoms with van der Waals surface area (Å²) in [4.78, 5) is 18.9. The summed E-state index contributed by atoms with van der Waals surface area (Å²) < 4.78 is 28.8. The number of carbonyl (C=O) groups excluding carboxylic acids is 1. The van der Waals surface area contributed by atoms with Crippen molar-refractivity contribution in [2.75, 3.05) is 20.1 Å². The van der Waals surface area contributed by atoms with Crippen LogP contribution in [0.5, 0.6) is 0 Å². The minimum atomic E-state index is -3.79. The lowest BCUT2D eigenvalue weighted by Crippen LogP contribution is -2.47. The summed E-state index contributed by atoms with van der Waals surface area (Å²) in [5, 5.41) is 0. The maximum atomic E-state index is 13.2. The zero-order valence-electron chi connectivity index (χ0n) is 16.0. The van der Waals surface area contributed by atoms with Gasteiger partial charge in [0.2, 0.25) is 15.9 Å². The molecule has 1 aliphatic rings. The molecule has 0 spiro atoms. The van der Waals surface area contributed by atoms with Crippen molar-refractivity contribution < 1.29 is 13.2 Å². The number of likely N-dealkylation sites (N-methyl/N-ethyl adjacent to an activating group) is 1. The van der Waals surface area contributed by atoms with Gasteiger partial charge in [-0.3, -0.25) is 9.78 Å². The summed E-state index contributed by atoms with van der Waals surface area (Å²) in [6, 6.07) is 16.6. The fraction of sp³-hybridized carbons (Fsp3) is 0.238. The van der Waals surface area contributed by atoms with E-state index in [0.717, 1.165) is 15.6 Å². The van der Waals surface area contributed by atoms with Gasteiger partial charge >= 0.3 is 0 Å². The molecule has 1 atom stereocenters. The van der Waals surface area contributed by atoms with Gasteiger partial charge in [-0.25, -0.2) is 8.42 Å². The van der Waals surface area contributed by atoms with Crippen LogP contribution < -0.4 is 0 Å². The molecule has 3 heterocycles. The van der Waals surface area contributed by atoms with Crippen LogP contribution in [0.2, 0.25) is 0 Å². The number of benzene rings is 1. The fourth-order valence-electron chi connectivity index (χ4n) is 3.68. The third-order valence-corrected chi connectivity index (χ3v) is 6.96. The molecule has 1 aromatic carbocycles. The van der Waals surface area contributed by atoms with Crippen molar-refractivity contribution in [3.05, 3.63) is 84.4 Å². The Morgan fingerprint density at radius 2 is 1.90 bits per heavy atom. The first kappa shape index (κ1) is 19.4. The van der Waals surface area contributed by atoms with E-state index in [1.807, 2.05) is 48.7 Å². The first-order chi connectivity index (χ1) is 14.0. The summed E-state index contributed by atoms with van der Waals surface area (Å²) in [5.74, 6) is -0.235. The maximum absolute atomic E-state index is 13.2. The highest BCUT2D eigenvalue weighted by atomic mass is 32.2. The summed E-state index contributed by atoms with van der Waals surface area (Å²) >= 11 is 0. The second kappa shape index (κ2) is 7.81. The summed E-state index contributed by atoms with van der Waals surface area (Å²) in [6.07, 6.45) is 4.81. The molecular weight excluding hydrogens is 388 g/mol. The molecule has 0 fully saturated rings. The Morgan fingerprint density at radius 1 is 1.10 bits per heavy atom. The van der Waals surface area contributed by atoms with E-state index in [9.17, 15) is 13.2 Å². The second-order valence-electron chi connectivity index (χ2n) is 6.98. The Labute approximate surface area is 170 Å². The molecule has 150 valence electrons. The number of rotatable bonds is 5. The number of nitrogens with zero attached hydrogens (tertiary/aromatic N) is 4. The molecule has 2 aromatic heterocycles. The van der Waals surface area contributed by atoms with Gasteiger partial charge in [-0.05, 0) is 29.8 Å². The second-order valence-corrected chi connectivity index (χ2v) is 9.02. The first-order valence-electron chi connectivity index (χ1n) is 9.34. The van der Waals surface area contributed by atoms with E-state index in [2.05, 4.69) is 9.55 Å². The number of aromatic nitrogens is 2. The van der Waals surface area contributed by atoms with E-state index in [1.165, 1.54) is 25.5 Å². The Kier molecular flexibility index (Phi) is 5.21. The summed E-state index contributed by atoms with van der Waals surface area (Å²) in [6.45, 7) is 0.957. The van der Waals surface area contributed by atoms with Crippen LogP contribution in [0.25, 0.3) is 0 Å². The van der Waals surface area contributed by atoms with Crippen molar-refractivity contribution >= 4 is 15.9 Å². The van der Waals surface area contributed by atoms with E-state index < -0.39 is 10.0 Å². The number of fused-ring (bicyclic) bond motifs is 1. The predicted octanol–water partition coefficient (Wildman–Crippen LogP) is 2.14. The molecule has 29 heavy (non-hydrogen) atoms. The van der Waals surface area contributed by atoms with E-state index in [1.54, 1.807) is 11.0 Å². The van der Waals surface area contributed by atoms with Crippen LogP contribution in [0.3, 0.4) is 0 Å². The highest BCUT2D eigenvalue weighted by Gasteiger charge is 2.34. The zero-order chi connectivity index (χ0) is 20.4. The number of hydrogen-bond donors (Lipinski definition) is 0. The molecule has 0 aliphatic carbocycles. The Hall–Kier alpha value is -2.97. The van der Waals surface area contributed by atoms with Gasteiger partial charge in [0.05, 0.1) is 12.6 Å². The quantitative estimate of drug-likeness (QED) is 0.646. The summed E-state index contributed by atoms with van der Waals surface area (Å²) in [7, 11) is -2.37. The number of amides is 1. The maximum Gasteiger partial charge on any atom is 0.244 e. The van der Waals surface area contributed by atoms with Crippen molar-refractivity contribution in [2.24, 2.45) is 0 Å². The number of carbonyl (C=O) groups is 1. The average Bonchev–Trinajstić information content (AvgIpc) is 3.23. The van der Waals surface area contributed by atoms with E-state index in [4.69, 9.17) is 0 Å². The van der Waals surface area contributed by atoms with Crippen molar-refractivity contribution in [1.82, 2.24) is 18.8 Å². The van der Waals surface area contributed by atoms with E-state index in [0.29, 0.717) is 13.1 Å². The third-order valence-electron chi connectivity index (χ3n) is 5.17. The molecular formula is C21H22N4O3S. The number of hydrogen-bond acceptors (Lipinski definition) is 4. The van der Waals surface area contributed by atoms with Crippen LogP contribution in [-0.4, -0.2) is 53.2 Å². The largest absolute Gasteiger partial charge is 0.348 e. The molecule has 1 unspecified atom stereocenters. The molecule has 1 amide bonds. The molecule has 0 bridgehead atoms. The monoisotopic (exact) mass is 410 g/mol. The molecule has 4 rings (SSSR count). The lowest BCUT2D eigenvalue weighted by atomic mass is 10.00. The molecule has 8 heteroatoms. The topological polar surface area (TPSA) is 75.5 Å². The highest BCUT2D eigenvalue weighted by Crippen LogP contribution is 2.32. The molecule has 0 radical (unpaired) electrons. The van der Waals surface area contributed by atoms with Crippen molar-refractivity contribution in [3.63, 3.8) is 0 Å². The first-order valence-corrected chi connectivity index (χ1v) is 10.8. The van der Waals surface area contributed by atoms with Crippen LogP contribution in [0, 0.1) is 0 Å². The molecule has 0 saturated carbocycles. The lowest BCUT2D eigenvalue weighted by Gasteiger charge is -2.38. The van der Waals surface area contributed by atoms with Crippen LogP contribution in [-0.2, 0) is 21.4 Å². The SMILES string of the molecule is CN(CC(=O)N1CCn2cccc2C1c1ccccc1)S(=O)(=O)c1cccnc1. The zero-order valence-corrected chi connectivity index (χ0v) is 16.9. The minimum absolute atomic E-state index is 0.0717.